The average molecular weight is 256 g/mol. The molecule has 0 radical (unpaired) electrons. The maximum atomic E-state index is 4.06. The van der Waals surface area contributed by atoms with Gasteiger partial charge in [-0.3, -0.25) is 5.10 Å². The number of aromatic amines is 1. The van der Waals surface area contributed by atoms with Crippen molar-refractivity contribution in [3.05, 3.63) is 55.0 Å². The molecule has 4 heteroatoms. The Morgan fingerprint density at radius 3 is 2.89 bits per heavy atom. The average Bonchev–Trinajstić information content (AvgIpc) is 2.80. The van der Waals surface area contributed by atoms with Crippen molar-refractivity contribution < 1.29 is 16.8 Å². The van der Waals surface area contributed by atoms with Gasteiger partial charge in [0.15, 0.2) is 12.4 Å². The number of rotatable bonds is 0. The number of halogens is 1. The van der Waals surface area contributed by atoms with Crippen LogP contribution in [0.15, 0.2) is 55.0 Å². The van der Waals surface area contributed by atoms with E-state index in [4.69, 9.17) is 0 Å². The third-order valence-electron chi connectivity index (χ3n) is 3.15. The van der Waals surface area contributed by atoms with E-state index in [1.165, 1.54) is 16.3 Å². The molecule has 0 bridgehead atoms. The molecule has 0 atom stereocenters. The number of nitrogens with one attached hydrogen (secondary N) is 1. The number of fused-ring (bicyclic) bond motifs is 3. The lowest BCUT2D eigenvalue weighted by Gasteiger charge is -1.97. The second-order valence-electron chi connectivity index (χ2n) is 4.24. The Morgan fingerprint density at radius 1 is 1.00 bits per heavy atom. The summed E-state index contributed by atoms with van der Waals surface area (Å²) < 4.78 is 2.13. The number of aromatic nitrogens is 3. The molecule has 0 saturated heterocycles. The molecule has 4 rings (SSSR count). The van der Waals surface area contributed by atoms with Crippen LogP contribution in [0, 0.1) is 0 Å². The molecule has 3 nitrogen and oxygen atoms in total. The lowest BCUT2D eigenvalue weighted by Crippen LogP contribution is -3.00. The van der Waals surface area contributed by atoms with Crippen LogP contribution >= 0.6 is 0 Å². The van der Waals surface area contributed by atoms with Gasteiger partial charge in [0.1, 0.15) is 0 Å². The number of hydrogen-bond donors (Lipinski definition) is 1. The molecule has 18 heavy (non-hydrogen) atoms. The van der Waals surface area contributed by atoms with Crippen LogP contribution in [0.3, 0.4) is 0 Å². The summed E-state index contributed by atoms with van der Waals surface area (Å²) in [5, 5.41) is 10.7. The van der Waals surface area contributed by atoms with Gasteiger partial charge in [0.05, 0.1) is 11.7 Å². The summed E-state index contributed by atoms with van der Waals surface area (Å²) in [6.07, 6.45) is 6.06. The lowest BCUT2D eigenvalue weighted by molar-refractivity contribution is -0.510. The fourth-order valence-corrected chi connectivity index (χ4v) is 2.28. The van der Waals surface area contributed by atoms with Crippen molar-refractivity contribution in [2.75, 3.05) is 0 Å². The summed E-state index contributed by atoms with van der Waals surface area (Å²) in [5.41, 5.74) is 2.27. The fourth-order valence-electron chi connectivity index (χ4n) is 2.28. The highest BCUT2D eigenvalue weighted by Gasteiger charge is 2.06. The van der Waals surface area contributed by atoms with Crippen LogP contribution in [0.4, 0.5) is 0 Å². The molecule has 3 heterocycles. The van der Waals surface area contributed by atoms with E-state index in [9.17, 15) is 0 Å². The van der Waals surface area contributed by atoms with Crippen LogP contribution in [0.2, 0.25) is 0 Å². The summed E-state index contributed by atoms with van der Waals surface area (Å²) in [5.74, 6) is 0. The number of H-pyrrole nitrogens is 1. The van der Waals surface area contributed by atoms with Gasteiger partial charge in [0.25, 0.3) is 0 Å². The minimum Gasteiger partial charge on any atom is -1.00 e. The van der Waals surface area contributed by atoms with Gasteiger partial charge < -0.3 is 12.4 Å². The summed E-state index contributed by atoms with van der Waals surface area (Å²) in [6.45, 7) is 0. The van der Waals surface area contributed by atoms with Crippen molar-refractivity contribution in [1.29, 1.82) is 0 Å². The highest BCUT2D eigenvalue weighted by molar-refractivity contribution is 5.96. The van der Waals surface area contributed by atoms with Crippen molar-refractivity contribution in [2.45, 2.75) is 0 Å². The predicted octanol–water partition coefficient (Wildman–Crippen LogP) is -0.541. The van der Waals surface area contributed by atoms with Crippen LogP contribution in [0.5, 0.6) is 0 Å². The minimum absolute atomic E-state index is 0. The Kier molecular flexibility index (Phi) is 2.42. The molecule has 1 N–H and O–H groups in total. The van der Waals surface area contributed by atoms with Gasteiger partial charge in [-0.25, -0.2) is 0 Å². The van der Waals surface area contributed by atoms with Gasteiger partial charge in [-0.15, -0.1) is 0 Å². The standard InChI is InChI=1S/C14H9N3.ClH/c1-2-4-17-9-12-7-14-11(8-15-16-14)5-10(12)6-13(17)3-1;/h1-9H;1H. The molecule has 0 aliphatic heterocycles. The first kappa shape index (κ1) is 11.0. The summed E-state index contributed by atoms with van der Waals surface area (Å²) in [4.78, 5) is 0. The topological polar surface area (TPSA) is 32.8 Å². The second-order valence-corrected chi connectivity index (χ2v) is 4.24. The maximum absolute atomic E-state index is 4.06. The second kappa shape index (κ2) is 3.96. The molecule has 0 spiro atoms. The van der Waals surface area contributed by atoms with Crippen molar-refractivity contribution in [1.82, 2.24) is 10.2 Å². The van der Waals surface area contributed by atoms with Gasteiger partial charge in [0.2, 0.25) is 5.52 Å². The highest BCUT2D eigenvalue weighted by Crippen LogP contribution is 2.20. The molecule has 4 aromatic rings. The normalized spacial score (nSPS) is 10.9. The predicted molar refractivity (Wildman–Crippen MR) is 66.8 cm³/mol. The zero-order valence-corrected chi connectivity index (χ0v) is 10.2. The van der Waals surface area contributed by atoms with Crippen LogP contribution in [0.1, 0.15) is 0 Å². The van der Waals surface area contributed by atoms with E-state index in [0.29, 0.717) is 0 Å². The smallest absolute Gasteiger partial charge is 0.211 e. The molecule has 0 fully saturated rings. The van der Waals surface area contributed by atoms with Gasteiger partial charge in [0, 0.05) is 29.0 Å². The largest absolute Gasteiger partial charge is 1.00 e. The Hall–Kier alpha value is -2.13. The van der Waals surface area contributed by atoms with E-state index in [1.807, 2.05) is 12.3 Å². The molecule has 0 saturated carbocycles. The fraction of sp³-hybridized carbons (Fsp3) is 0. The van der Waals surface area contributed by atoms with Gasteiger partial charge in [-0.05, 0) is 23.6 Å². The maximum Gasteiger partial charge on any atom is 0.211 e. The number of benzene rings is 1. The summed E-state index contributed by atoms with van der Waals surface area (Å²) in [7, 11) is 0. The van der Waals surface area contributed by atoms with Crippen LogP contribution in [0.25, 0.3) is 27.2 Å². The molecule has 3 aromatic heterocycles. The first-order chi connectivity index (χ1) is 8.40. The zero-order chi connectivity index (χ0) is 11.2. The molecule has 88 valence electrons. The summed E-state index contributed by atoms with van der Waals surface area (Å²) >= 11 is 0. The highest BCUT2D eigenvalue weighted by atomic mass is 35.5. The lowest BCUT2D eigenvalue weighted by atomic mass is 10.1. The molecular formula is C14H10ClN3. The Labute approximate surface area is 109 Å². The van der Waals surface area contributed by atoms with Crippen LogP contribution in [-0.4, -0.2) is 10.2 Å². The van der Waals surface area contributed by atoms with E-state index < -0.39 is 0 Å². The molecule has 0 amide bonds. The quantitative estimate of drug-likeness (QED) is 0.332. The van der Waals surface area contributed by atoms with Crippen molar-refractivity contribution in [3.8, 4) is 0 Å². The van der Waals surface area contributed by atoms with E-state index in [1.54, 1.807) is 0 Å². The van der Waals surface area contributed by atoms with Gasteiger partial charge >= 0.3 is 0 Å². The first-order valence-corrected chi connectivity index (χ1v) is 5.57. The Bertz CT molecular complexity index is 782. The third-order valence-corrected chi connectivity index (χ3v) is 3.15. The van der Waals surface area contributed by atoms with Crippen molar-refractivity contribution >= 4 is 27.2 Å². The Balaban J connectivity index is 0.000001000. The third kappa shape index (κ3) is 1.52. The first-order valence-electron chi connectivity index (χ1n) is 5.57. The van der Waals surface area contributed by atoms with Gasteiger partial charge in [-0.2, -0.15) is 9.50 Å². The van der Waals surface area contributed by atoms with Crippen LogP contribution < -0.4 is 16.8 Å². The number of nitrogens with zero attached hydrogens (tertiary/aromatic N) is 2. The van der Waals surface area contributed by atoms with E-state index >= 15 is 0 Å². The van der Waals surface area contributed by atoms with Crippen molar-refractivity contribution in [2.24, 2.45) is 0 Å². The zero-order valence-electron chi connectivity index (χ0n) is 9.47. The molecule has 0 aliphatic rings. The van der Waals surface area contributed by atoms with Crippen LogP contribution in [-0.2, 0) is 0 Å². The molecule has 0 unspecified atom stereocenters. The van der Waals surface area contributed by atoms with E-state index in [-0.39, 0.29) is 12.4 Å². The SMILES string of the molecule is [Cl-].c1cc[n+]2cc3cc4[nH]ncc4cc3cc2c1. The number of pyridine rings is 2. The summed E-state index contributed by atoms with van der Waals surface area (Å²) in [6, 6.07) is 12.7. The number of hydrogen-bond acceptors (Lipinski definition) is 1. The monoisotopic (exact) mass is 255 g/mol. The molecular weight excluding hydrogens is 246 g/mol. The minimum atomic E-state index is 0. The van der Waals surface area contributed by atoms with E-state index in [0.717, 1.165) is 10.9 Å². The van der Waals surface area contributed by atoms with Crippen molar-refractivity contribution in [3.63, 3.8) is 0 Å². The Morgan fingerprint density at radius 2 is 1.94 bits per heavy atom. The molecule has 0 aliphatic carbocycles. The van der Waals surface area contributed by atoms with E-state index in [2.05, 4.69) is 57.3 Å². The molecule has 1 aromatic carbocycles. The van der Waals surface area contributed by atoms with Gasteiger partial charge in [-0.1, -0.05) is 0 Å².